The molecule has 1 aromatic heterocycles. The summed E-state index contributed by atoms with van der Waals surface area (Å²) in [6.45, 7) is 3.10. The van der Waals surface area contributed by atoms with E-state index in [0.29, 0.717) is 24.4 Å². The summed E-state index contributed by atoms with van der Waals surface area (Å²) in [6.07, 6.45) is 6.98. The number of phenolic OH excluding ortho intramolecular Hbond substituents is 1. The number of benzene rings is 3. The quantitative estimate of drug-likeness (QED) is 0.225. The molecule has 0 radical (unpaired) electrons. The fraction of sp³-hybridized carbons (Fsp3) is 0.306. The molecule has 2 saturated heterocycles. The van der Waals surface area contributed by atoms with Gasteiger partial charge in [0.15, 0.2) is 11.2 Å². The molecule has 8 nitrogen and oxygen atoms in total. The van der Waals surface area contributed by atoms with Gasteiger partial charge in [0.1, 0.15) is 11.3 Å². The van der Waals surface area contributed by atoms with E-state index in [-0.39, 0.29) is 34.4 Å². The van der Waals surface area contributed by atoms with Crippen LogP contribution in [0.25, 0.3) is 11.0 Å². The predicted molar refractivity (Wildman–Crippen MR) is 176 cm³/mol. The Balaban J connectivity index is 1.18. The molecule has 45 heavy (non-hydrogen) atoms. The summed E-state index contributed by atoms with van der Waals surface area (Å²) in [7, 11) is 0. The van der Waals surface area contributed by atoms with Crippen molar-refractivity contribution in [3.8, 4) is 5.75 Å². The topological polar surface area (TPSA) is 103 Å². The van der Waals surface area contributed by atoms with Crippen molar-refractivity contribution in [1.29, 1.82) is 0 Å². The molecule has 0 aliphatic carbocycles. The zero-order valence-corrected chi connectivity index (χ0v) is 25.8. The van der Waals surface area contributed by atoms with Crippen LogP contribution in [0.3, 0.4) is 0 Å². The van der Waals surface area contributed by atoms with Crippen LogP contribution in [0.4, 0.5) is 5.69 Å². The van der Waals surface area contributed by atoms with E-state index in [1.54, 1.807) is 0 Å². The minimum Gasteiger partial charge on any atom is -0.508 e. The predicted octanol–water partition coefficient (Wildman–Crippen LogP) is 6.23. The highest BCUT2D eigenvalue weighted by Crippen LogP contribution is 2.29. The van der Waals surface area contributed by atoms with Crippen molar-refractivity contribution in [3.05, 3.63) is 117 Å². The van der Waals surface area contributed by atoms with Gasteiger partial charge in [0.25, 0.3) is 5.91 Å². The molecule has 3 aromatic carbocycles. The molecular formula is C36H36ClN3O5. The molecule has 9 heteroatoms. The van der Waals surface area contributed by atoms with Crippen molar-refractivity contribution in [2.45, 2.75) is 51.1 Å². The van der Waals surface area contributed by atoms with Crippen molar-refractivity contribution in [3.63, 3.8) is 0 Å². The molecule has 2 N–H and O–H groups in total. The normalized spacial score (nSPS) is 16.1. The minimum atomic E-state index is -0.489. The van der Waals surface area contributed by atoms with Crippen LogP contribution < -0.4 is 15.6 Å². The number of nitrogens with zero attached hydrogens (tertiary/aromatic N) is 2. The van der Waals surface area contributed by atoms with Crippen LogP contribution in [0.1, 0.15) is 53.8 Å². The third kappa shape index (κ3) is 7.40. The molecule has 2 amide bonds. The van der Waals surface area contributed by atoms with Gasteiger partial charge in [0.2, 0.25) is 5.91 Å². The highest BCUT2D eigenvalue weighted by molar-refractivity contribution is 6.30. The number of hydrogen-bond donors (Lipinski definition) is 2. The molecule has 0 spiro atoms. The van der Waals surface area contributed by atoms with Gasteiger partial charge in [-0.3, -0.25) is 14.4 Å². The van der Waals surface area contributed by atoms with Crippen LogP contribution in [0.15, 0.2) is 93.7 Å². The SMILES string of the molecule is O=C(NC(C=C1CCN(c2ccccc2CN2CCCCC2=O)CC1)Cc1ccc(Cl)cc1)c1cc(=O)c2cc(O)ccc2o1. The molecule has 0 bridgehead atoms. The standard InChI is InChI=1S/C36H36ClN3O5/c37-27-10-8-24(9-11-27)19-28(38-36(44)34-22-32(42)30-21-29(41)12-13-33(30)45-34)20-25-14-17-39(18-15-25)31-6-2-1-5-26(31)23-40-16-4-3-7-35(40)43/h1-2,5-6,8-13,20-22,28,41H,3-4,7,14-19,23H2,(H,38,44). The smallest absolute Gasteiger partial charge is 0.287 e. The van der Waals surface area contributed by atoms with E-state index < -0.39 is 11.3 Å². The van der Waals surface area contributed by atoms with Gasteiger partial charge in [-0.15, -0.1) is 0 Å². The zero-order chi connectivity index (χ0) is 31.3. The van der Waals surface area contributed by atoms with Crippen LogP contribution >= 0.6 is 11.6 Å². The van der Waals surface area contributed by atoms with Gasteiger partial charge in [-0.2, -0.15) is 0 Å². The van der Waals surface area contributed by atoms with Crippen molar-refractivity contribution >= 4 is 40.1 Å². The Bertz CT molecular complexity index is 1790. The highest BCUT2D eigenvalue weighted by atomic mass is 35.5. The molecular weight excluding hydrogens is 590 g/mol. The maximum Gasteiger partial charge on any atom is 0.287 e. The summed E-state index contributed by atoms with van der Waals surface area (Å²) in [5.41, 5.74) is 4.42. The number of aromatic hydroxyl groups is 1. The third-order valence-corrected chi connectivity index (χ3v) is 8.83. The van der Waals surface area contributed by atoms with Gasteiger partial charge in [-0.05, 0) is 79.6 Å². The van der Waals surface area contributed by atoms with Gasteiger partial charge in [0, 0.05) is 49.4 Å². The van der Waals surface area contributed by atoms with Crippen molar-refractivity contribution in [1.82, 2.24) is 10.2 Å². The summed E-state index contributed by atoms with van der Waals surface area (Å²) in [5.74, 6) is -0.392. The fourth-order valence-electron chi connectivity index (χ4n) is 6.20. The lowest BCUT2D eigenvalue weighted by Gasteiger charge is -2.34. The summed E-state index contributed by atoms with van der Waals surface area (Å²) in [6, 6.07) is 20.9. The number of carbonyl (C=O) groups is 2. The number of rotatable bonds is 8. The first-order valence-corrected chi connectivity index (χ1v) is 15.8. The zero-order valence-electron chi connectivity index (χ0n) is 25.0. The maximum absolute atomic E-state index is 13.4. The first kappa shape index (κ1) is 30.5. The van der Waals surface area contributed by atoms with Gasteiger partial charge < -0.3 is 24.6 Å². The van der Waals surface area contributed by atoms with Gasteiger partial charge in [0.05, 0.1) is 11.4 Å². The van der Waals surface area contributed by atoms with E-state index in [2.05, 4.69) is 28.4 Å². The van der Waals surface area contributed by atoms with E-state index >= 15 is 0 Å². The van der Waals surface area contributed by atoms with Crippen LogP contribution in [-0.2, 0) is 17.8 Å². The average molecular weight is 626 g/mol. The van der Waals surface area contributed by atoms with Crippen molar-refractivity contribution in [2.24, 2.45) is 0 Å². The largest absolute Gasteiger partial charge is 0.508 e. The van der Waals surface area contributed by atoms with Crippen LogP contribution in [0, 0.1) is 0 Å². The highest BCUT2D eigenvalue weighted by Gasteiger charge is 2.23. The lowest BCUT2D eigenvalue weighted by Crippen LogP contribution is -2.37. The van der Waals surface area contributed by atoms with Gasteiger partial charge in [-0.1, -0.05) is 53.6 Å². The molecule has 3 heterocycles. The molecule has 0 saturated carbocycles. The Morgan fingerprint density at radius 1 is 0.956 bits per heavy atom. The monoisotopic (exact) mass is 625 g/mol. The average Bonchev–Trinajstić information content (AvgIpc) is 3.04. The number of piperidine rings is 2. The summed E-state index contributed by atoms with van der Waals surface area (Å²) >= 11 is 6.11. The summed E-state index contributed by atoms with van der Waals surface area (Å²) in [4.78, 5) is 42.9. The summed E-state index contributed by atoms with van der Waals surface area (Å²) < 4.78 is 5.76. The molecule has 1 unspecified atom stereocenters. The molecule has 2 aliphatic rings. The number of halogens is 1. The van der Waals surface area contributed by atoms with Gasteiger partial charge >= 0.3 is 0 Å². The van der Waals surface area contributed by atoms with Crippen LogP contribution in [0.5, 0.6) is 5.75 Å². The minimum absolute atomic E-state index is 0.0479. The number of fused-ring (bicyclic) bond motifs is 1. The van der Waals surface area contributed by atoms with Crippen molar-refractivity contribution < 1.29 is 19.1 Å². The second-order valence-corrected chi connectivity index (χ2v) is 12.2. The number of hydrogen-bond acceptors (Lipinski definition) is 6. The molecule has 6 rings (SSSR count). The molecule has 1 atom stereocenters. The maximum atomic E-state index is 13.4. The van der Waals surface area contributed by atoms with Gasteiger partial charge in [-0.25, -0.2) is 0 Å². The van der Waals surface area contributed by atoms with Crippen molar-refractivity contribution in [2.75, 3.05) is 24.5 Å². The number of para-hydroxylation sites is 1. The molecule has 4 aromatic rings. The lowest BCUT2D eigenvalue weighted by molar-refractivity contribution is -0.133. The van der Waals surface area contributed by atoms with E-state index in [0.717, 1.165) is 56.9 Å². The molecule has 232 valence electrons. The number of carbonyl (C=O) groups excluding carboxylic acids is 2. The van der Waals surface area contributed by atoms with E-state index in [9.17, 15) is 19.5 Å². The number of anilines is 1. The number of phenols is 1. The Morgan fingerprint density at radius 3 is 2.51 bits per heavy atom. The number of likely N-dealkylation sites (tertiary alicyclic amines) is 1. The van der Waals surface area contributed by atoms with E-state index in [1.807, 2.05) is 41.3 Å². The lowest BCUT2D eigenvalue weighted by atomic mass is 9.97. The van der Waals surface area contributed by atoms with Crippen LogP contribution in [0.2, 0.25) is 5.02 Å². The first-order valence-electron chi connectivity index (χ1n) is 15.4. The molecule has 2 aliphatic heterocycles. The Morgan fingerprint density at radius 2 is 1.73 bits per heavy atom. The Labute approximate surface area is 266 Å². The Hall–Kier alpha value is -4.56. The number of nitrogens with one attached hydrogen (secondary N) is 1. The number of amides is 2. The second-order valence-electron chi connectivity index (χ2n) is 11.8. The first-order chi connectivity index (χ1) is 21.8. The second kappa shape index (κ2) is 13.6. The third-order valence-electron chi connectivity index (χ3n) is 8.58. The fourth-order valence-corrected chi connectivity index (χ4v) is 6.32. The summed E-state index contributed by atoms with van der Waals surface area (Å²) in [5, 5.41) is 13.7. The van der Waals surface area contributed by atoms with E-state index in [4.69, 9.17) is 16.0 Å². The van der Waals surface area contributed by atoms with E-state index in [1.165, 1.54) is 35.0 Å². The molecule has 2 fully saturated rings. The van der Waals surface area contributed by atoms with Crippen LogP contribution in [-0.4, -0.2) is 47.5 Å². The Kier molecular flexibility index (Phi) is 9.21.